The Morgan fingerprint density at radius 1 is 1.24 bits per heavy atom. The number of nitrogens with two attached hydrogens (primary N) is 1. The summed E-state index contributed by atoms with van der Waals surface area (Å²) in [6.45, 7) is 2.23. The predicted octanol–water partition coefficient (Wildman–Crippen LogP) is 3.13. The number of nitrogens with zero attached hydrogens (tertiary/aromatic N) is 1. The van der Waals surface area contributed by atoms with Crippen molar-refractivity contribution in [3.63, 3.8) is 0 Å². The lowest BCUT2D eigenvalue weighted by atomic mass is 10.1. The summed E-state index contributed by atoms with van der Waals surface area (Å²) in [5.74, 6) is -2.23. The molecule has 110 valence electrons. The number of carbonyl (C=O) groups is 1. The number of rotatable bonds is 3. The number of aryl methyl sites for hydroxylation is 1. The first-order valence-electron chi connectivity index (χ1n) is 6.44. The summed E-state index contributed by atoms with van der Waals surface area (Å²) in [7, 11) is 1.54. The molecule has 0 saturated heterocycles. The molecule has 1 amide bonds. The Morgan fingerprint density at radius 2 is 1.90 bits per heavy atom. The van der Waals surface area contributed by atoms with Gasteiger partial charge in [-0.25, -0.2) is 8.78 Å². The van der Waals surface area contributed by atoms with Crippen molar-refractivity contribution < 1.29 is 13.6 Å². The van der Waals surface area contributed by atoms with Crippen LogP contribution in [0.5, 0.6) is 0 Å². The molecule has 0 aliphatic heterocycles. The van der Waals surface area contributed by atoms with Crippen LogP contribution in [0.25, 0.3) is 0 Å². The molecule has 3 nitrogen and oxygen atoms in total. The van der Waals surface area contributed by atoms with E-state index in [0.717, 1.165) is 23.3 Å². The molecule has 21 heavy (non-hydrogen) atoms. The molecular formula is C16H16F2N2O. The zero-order valence-electron chi connectivity index (χ0n) is 11.9. The van der Waals surface area contributed by atoms with Crippen molar-refractivity contribution in [1.29, 1.82) is 0 Å². The zero-order chi connectivity index (χ0) is 15.6. The fourth-order valence-electron chi connectivity index (χ4n) is 2.09. The number of nitrogen functional groups attached to an aromatic ring is 1. The number of anilines is 1. The molecule has 2 N–H and O–H groups in total. The highest BCUT2D eigenvalue weighted by atomic mass is 19.1. The molecule has 2 aromatic rings. The molecule has 0 radical (unpaired) electrons. The molecule has 0 atom stereocenters. The first-order chi connectivity index (χ1) is 9.90. The minimum atomic E-state index is -0.891. The van der Waals surface area contributed by atoms with E-state index in [0.29, 0.717) is 6.54 Å². The minimum absolute atomic E-state index is 0.307. The molecule has 5 heteroatoms. The zero-order valence-corrected chi connectivity index (χ0v) is 11.9. The standard InChI is InChI=1S/C16H16F2N2O/c1-10-5-3-4-6-11(10)9-20(2)16(21)13-7-12(17)8-14(19)15(13)18/h3-8H,9,19H2,1-2H3. The Labute approximate surface area is 122 Å². The molecule has 0 unspecified atom stereocenters. The second-order valence-corrected chi connectivity index (χ2v) is 4.94. The Morgan fingerprint density at radius 3 is 2.57 bits per heavy atom. The third kappa shape index (κ3) is 3.18. The van der Waals surface area contributed by atoms with Gasteiger partial charge in [-0.05, 0) is 30.2 Å². The van der Waals surface area contributed by atoms with Crippen molar-refractivity contribution in [1.82, 2.24) is 4.90 Å². The average Bonchev–Trinajstić information content (AvgIpc) is 2.44. The van der Waals surface area contributed by atoms with E-state index in [1.807, 2.05) is 31.2 Å². The molecule has 0 saturated carbocycles. The van der Waals surface area contributed by atoms with E-state index in [-0.39, 0.29) is 11.3 Å². The SMILES string of the molecule is Cc1ccccc1CN(C)C(=O)c1cc(F)cc(N)c1F. The lowest BCUT2D eigenvalue weighted by Gasteiger charge is -2.19. The van der Waals surface area contributed by atoms with Gasteiger partial charge in [-0.15, -0.1) is 0 Å². The normalized spacial score (nSPS) is 10.5. The average molecular weight is 290 g/mol. The summed E-state index contributed by atoms with van der Waals surface area (Å²) < 4.78 is 27.2. The monoisotopic (exact) mass is 290 g/mol. The molecule has 0 aliphatic rings. The number of halogens is 2. The van der Waals surface area contributed by atoms with E-state index < -0.39 is 17.5 Å². The van der Waals surface area contributed by atoms with Gasteiger partial charge in [0.15, 0.2) is 5.82 Å². The second-order valence-electron chi connectivity index (χ2n) is 4.94. The maximum absolute atomic E-state index is 13.9. The maximum Gasteiger partial charge on any atom is 0.257 e. The van der Waals surface area contributed by atoms with Crippen LogP contribution in [0.1, 0.15) is 21.5 Å². The summed E-state index contributed by atoms with van der Waals surface area (Å²) in [4.78, 5) is 13.6. The molecule has 0 spiro atoms. The first-order valence-corrected chi connectivity index (χ1v) is 6.44. The first kappa shape index (κ1) is 15.0. The summed E-state index contributed by atoms with van der Waals surface area (Å²) >= 11 is 0. The van der Waals surface area contributed by atoms with Gasteiger partial charge in [0.05, 0.1) is 11.3 Å². The van der Waals surface area contributed by atoms with Crippen LogP contribution in [0.2, 0.25) is 0 Å². The van der Waals surface area contributed by atoms with Crippen molar-refractivity contribution in [3.05, 3.63) is 64.7 Å². The Hall–Kier alpha value is -2.43. The maximum atomic E-state index is 13.9. The van der Waals surface area contributed by atoms with Crippen LogP contribution in [0.4, 0.5) is 14.5 Å². The van der Waals surface area contributed by atoms with Gasteiger partial charge in [-0.3, -0.25) is 4.79 Å². The van der Waals surface area contributed by atoms with Gasteiger partial charge < -0.3 is 10.6 Å². The lowest BCUT2D eigenvalue weighted by molar-refractivity contribution is 0.0780. The highest BCUT2D eigenvalue weighted by molar-refractivity contribution is 5.95. The van der Waals surface area contributed by atoms with Crippen LogP contribution < -0.4 is 5.73 Å². The lowest BCUT2D eigenvalue weighted by Crippen LogP contribution is -2.27. The third-order valence-corrected chi connectivity index (χ3v) is 3.31. The molecule has 0 fully saturated rings. The van der Waals surface area contributed by atoms with Crippen LogP contribution in [-0.2, 0) is 6.54 Å². The smallest absolute Gasteiger partial charge is 0.257 e. The van der Waals surface area contributed by atoms with Crippen LogP contribution in [-0.4, -0.2) is 17.9 Å². The summed E-state index contributed by atoms with van der Waals surface area (Å²) in [6.07, 6.45) is 0. The summed E-state index contributed by atoms with van der Waals surface area (Å²) in [6, 6.07) is 9.29. The van der Waals surface area contributed by atoms with E-state index in [1.165, 1.54) is 11.9 Å². The topological polar surface area (TPSA) is 46.3 Å². The van der Waals surface area contributed by atoms with Gasteiger partial charge in [0.25, 0.3) is 5.91 Å². The van der Waals surface area contributed by atoms with Gasteiger partial charge in [-0.1, -0.05) is 24.3 Å². The van der Waals surface area contributed by atoms with Crippen molar-refractivity contribution in [2.24, 2.45) is 0 Å². The van der Waals surface area contributed by atoms with Gasteiger partial charge in [-0.2, -0.15) is 0 Å². The number of benzene rings is 2. The van der Waals surface area contributed by atoms with Gasteiger partial charge >= 0.3 is 0 Å². The molecule has 0 aromatic heterocycles. The minimum Gasteiger partial charge on any atom is -0.396 e. The van der Waals surface area contributed by atoms with Gasteiger partial charge in [0.2, 0.25) is 0 Å². The third-order valence-electron chi connectivity index (χ3n) is 3.31. The van der Waals surface area contributed by atoms with Crippen molar-refractivity contribution in [2.75, 3.05) is 12.8 Å². The van der Waals surface area contributed by atoms with Crippen molar-refractivity contribution >= 4 is 11.6 Å². The van der Waals surface area contributed by atoms with E-state index in [4.69, 9.17) is 5.73 Å². The van der Waals surface area contributed by atoms with Crippen LogP contribution in [0, 0.1) is 18.6 Å². The summed E-state index contributed by atoms with van der Waals surface area (Å²) in [5.41, 5.74) is 6.59. The van der Waals surface area contributed by atoms with Crippen LogP contribution >= 0.6 is 0 Å². The number of carbonyl (C=O) groups excluding carboxylic acids is 1. The Balaban J connectivity index is 2.26. The molecule has 0 heterocycles. The highest BCUT2D eigenvalue weighted by Crippen LogP contribution is 2.20. The Kier molecular flexibility index (Phi) is 4.21. The van der Waals surface area contributed by atoms with Crippen LogP contribution in [0.15, 0.2) is 36.4 Å². The molecule has 2 rings (SSSR count). The highest BCUT2D eigenvalue weighted by Gasteiger charge is 2.20. The molecular weight excluding hydrogens is 274 g/mol. The summed E-state index contributed by atoms with van der Waals surface area (Å²) in [5, 5.41) is 0. The van der Waals surface area contributed by atoms with E-state index in [2.05, 4.69) is 0 Å². The van der Waals surface area contributed by atoms with Crippen molar-refractivity contribution in [2.45, 2.75) is 13.5 Å². The number of amides is 1. The quantitative estimate of drug-likeness (QED) is 0.883. The fraction of sp³-hybridized carbons (Fsp3) is 0.188. The fourth-order valence-corrected chi connectivity index (χ4v) is 2.09. The largest absolute Gasteiger partial charge is 0.396 e. The van der Waals surface area contributed by atoms with Crippen LogP contribution in [0.3, 0.4) is 0 Å². The number of hydrogen-bond acceptors (Lipinski definition) is 2. The predicted molar refractivity (Wildman–Crippen MR) is 77.7 cm³/mol. The molecule has 2 aromatic carbocycles. The molecule has 0 bridgehead atoms. The second kappa shape index (κ2) is 5.91. The van der Waals surface area contributed by atoms with E-state index >= 15 is 0 Å². The molecule has 0 aliphatic carbocycles. The number of hydrogen-bond donors (Lipinski definition) is 1. The van der Waals surface area contributed by atoms with Crippen molar-refractivity contribution in [3.8, 4) is 0 Å². The van der Waals surface area contributed by atoms with E-state index in [1.54, 1.807) is 0 Å². The van der Waals surface area contributed by atoms with E-state index in [9.17, 15) is 13.6 Å². The Bertz CT molecular complexity index is 686. The van der Waals surface area contributed by atoms with Gasteiger partial charge in [0, 0.05) is 13.6 Å². The van der Waals surface area contributed by atoms with Gasteiger partial charge in [0.1, 0.15) is 5.82 Å².